The van der Waals surface area contributed by atoms with E-state index in [-0.39, 0.29) is 24.4 Å². The highest BCUT2D eigenvalue weighted by Crippen LogP contribution is 2.29. The van der Waals surface area contributed by atoms with Crippen molar-refractivity contribution in [3.05, 3.63) is 70.8 Å². The van der Waals surface area contributed by atoms with E-state index in [1.54, 1.807) is 4.90 Å². The van der Waals surface area contributed by atoms with Gasteiger partial charge in [-0.2, -0.15) is 0 Å². The summed E-state index contributed by atoms with van der Waals surface area (Å²) in [5.74, 6) is -0.0140. The van der Waals surface area contributed by atoms with Crippen LogP contribution in [0.5, 0.6) is 0 Å². The zero-order valence-electron chi connectivity index (χ0n) is 19.3. The average molecular weight is 421 g/mol. The molecule has 0 saturated heterocycles. The number of rotatable bonds is 9. The van der Waals surface area contributed by atoms with Crippen LogP contribution in [0.3, 0.4) is 0 Å². The molecule has 31 heavy (non-hydrogen) atoms. The normalized spacial score (nSPS) is 15.5. The van der Waals surface area contributed by atoms with Crippen LogP contribution in [0.4, 0.5) is 0 Å². The quantitative estimate of drug-likeness (QED) is 0.544. The van der Waals surface area contributed by atoms with Gasteiger partial charge in [-0.15, -0.1) is 0 Å². The Bertz CT molecular complexity index is 875. The Morgan fingerprint density at radius 1 is 1.00 bits per heavy atom. The highest BCUT2D eigenvalue weighted by molar-refractivity contribution is 5.96. The van der Waals surface area contributed by atoms with E-state index in [0.717, 1.165) is 38.5 Å². The van der Waals surface area contributed by atoms with Crippen LogP contribution in [0.2, 0.25) is 0 Å². The molecule has 0 saturated carbocycles. The average Bonchev–Trinajstić information content (AvgIpc) is 2.80. The van der Waals surface area contributed by atoms with Gasteiger partial charge in [0.15, 0.2) is 0 Å². The summed E-state index contributed by atoms with van der Waals surface area (Å²) in [6.07, 6.45) is 6.10. The van der Waals surface area contributed by atoms with Gasteiger partial charge in [0.25, 0.3) is 5.91 Å². The van der Waals surface area contributed by atoms with Gasteiger partial charge in [-0.05, 0) is 61.4 Å². The lowest BCUT2D eigenvalue weighted by molar-refractivity contribution is -0.134. The van der Waals surface area contributed by atoms with Crippen molar-refractivity contribution in [3.8, 4) is 0 Å². The second kappa shape index (κ2) is 11.1. The first-order valence-electron chi connectivity index (χ1n) is 11.8. The standard InChI is InChI=1S/C27H36N2O2/c1-4-6-10-22-13-15-24(16-14-22)27(31)28(18-7-5-2)20-26(30)29-19-17-23-11-8-9-12-25(23)21(29)3/h8-9,11-16,21H,4-7,10,17-20H2,1-3H3. The molecule has 4 nitrogen and oxygen atoms in total. The number of carbonyl (C=O) groups is 2. The summed E-state index contributed by atoms with van der Waals surface area (Å²) in [6, 6.07) is 16.3. The van der Waals surface area contributed by atoms with Gasteiger partial charge in [0.05, 0.1) is 6.04 Å². The number of benzene rings is 2. The smallest absolute Gasteiger partial charge is 0.254 e. The van der Waals surface area contributed by atoms with Gasteiger partial charge in [-0.1, -0.05) is 63.1 Å². The van der Waals surface area contributed by atoms with Crippen molar-refractivity contribution in [1.29, 1.82) is 0 Å². The molecule has 0 spiro atoms. The van der Waals surface area contributed by atoms with Crippen molar-refractivity contribution in [1.82, 2.24) is 9.80 Å². The Kier molecular flexibility index (Phi) is 8.27. The lowest BCUT2D eigenvalue weighted by atomic mass is 9.93. The number of nitrogens with zero attached hydrogens (tertiary/aromatic N) is 2. The van der Waals surface area contributed by atoms with Crippen molar-refractivity contribution in [2.24, 2.45) is 0 Å². The summed E-state index contributed by atoms with van der Waals surface area (Å²) in [4.78, 5) is 30.1. The fourth-order valence-electron chi connectivity index (χ4n) is 4.35. The number of hydrogen-bond donors (Lipinski definition) is 0. The third-order valence-electron chi connectivity index (χ3n) is 6.33. The molecule has 4 heteroatoms. The third-order valence-corrected chi connectivity index (χ3v) is 6.33. The van der Waals surface area contributed by atoms with E-state index in [1.807, 2.05) is 35.2 Å². The van der Waals surface area contributed by atoms with Crippen LogP contribution in [-0.4, -0.2) is 41.2 Å². The second-order valence-electron chi connectivity index (χ2n) is 8.59. The first kappa shape index (κ1) is 23.1. The van der Waals surface area contributed by atoms with Crippen molar-refractivity contribution < 1.29 is 9.59 Å². The van der Waals surface area contributed by atoms with Crippen molar-refractivity contribution in [3.63, 3.8) is 0 Å². The molecule has 1 heterocycles. The Hall–Kier alpha value is -2.62. The molecule has 0 fully saturated rings. The molecule has 2 amide bonds. The monoisotopic (exact) mass is 420 g/mol. The van der Waals surface area contributed by atoms with Gasteiger partial charge in [-0.25, -0.2) is 0 Å². The zero-order chi connectivity index (χ0) is 22.2. The first-order chi connectivity index (χ1) is 15.0. The highest BCUT2D eigenvalue weighted by atomic mass is 16.2. The minimum absolute atomic E-state index is 0.0334. The van der Waals surface area contributed by atoms with Gasteiger partial charge in [0.2, 0.25) is 5.91 Å². The van der Waals surface area contributed by atoms with Gasteiger partial charge in [-0.3, -0.25) is 9.59 Å². The molecule has 3 rings (SSSR count). The predicted molar refractivity (Wildman–Crippen MR) is 126 cm³/mol. The van der Waals surface area contributed by atoms with Crippen molar-refractivity contribution in [2.75, 3.05) is 19.6 Å². The fraction of sp³-hybridized carbons (Fsp3) is 0.481. The molecular formula is C27H36N2O2. The van der Waals surface area contributed by atoms with Crippen LogP contribution >= 0.6 is 0 Å². The van der Waals surface area contributed by atoms with Gasteiger partial charge in [0, 0.05) is 18.7 Å². The molecule has 1 atom stereocenters. The molecule has 0 aromatic heterocycles. The zero-order valence-corrected chi connectivity index (χ0v) is 19.3. The summed E-state index contributed by atoms with van der Waals surface area (Å²) in [6.45, 7) is 7.83. The second-order valence-corrected chi connectivity index (χ2v) is 8.59. The minimum Gasteiger partial charge on any atom is -0.334 e. The SMILES string of the molecule is CCCCc1ccc(C(=O)N(CCCC)CC(=O)N2CCc3ccccc3C2C)cc1. The number of carbonyl (C=O) groups excluding carboxylic acids is 2. The van der Waals surface area contributed by atoms with Crippen LogP contribution in [0.25, 0.3) is 0 Å². The Morgan fingerprint density at radius 2 is 1.71 bits per heavy atom. The van der Waals surface area contributed by atoms with E-state index in [2.05, 4.69) is 39.0 Å². The number of unbranched alkanes of at least 4 members (excludes halogenated alkanes) is 2. The molecule has 0 N–H and O–H groups in total. The van der Waals surface area contributed by atoms with E-state index < -0.39 is 0 Å². The number of hydrogen-bond acceptors (Lipinski definition) is 2. The van der Waals surface area contributed by atoms with E-state index >= 15 is 0 Å². The number of aryl methyl sites for hydroxylation is 1. The largest absolute Gasteiger partial charge is 0.334 e. The summed E-state index contributed by atoms with van der Waals surface area (Å²) < 4.78 is 0. The van der Waals surface area contributed by atoms with Crippen molar-refractivity contribution in [2.45, 2.75) is 65.3 Å². The topological polar surface area (TPSA) is 40.6 Å². The lowest BCUT2D eigenvalue weighted by Crippen LogP contribution is -2.46. The van der Waals surface area contributed by atoms with Crippen LogP contribution in [0.15, 0.2) is 48.5 Å². The summed E-state index contributed by atoms with van der Waals surface area (Å²) >= 11 is 0. The third kappa shape index (κ3) is 5.75. The van der Waals surface area contributed by atoms with Crippen LogP contribution in [0, 0.1) is 0 Å². The van der Waals surface area contributed by atoms with Gasteiger partial charge < -0.3 is 9.80 Å². The molecule has 1 unspecified atom stereocenters. The molecule has 1 aliphatic rings. The van der Waals surface area contributed by atoms with E-state index in [0.29, 0.717) is 18.7 Å². The maximum atomic E-state index is 13.2. The first-order valence-corrected chi connectivity index (χ1v) is 11.8. The molecule has 2 aromatic rings. The van der Waals surface area contributed by atoms with Crippen LogP contribution in [0.1, 0.15) is 79.5 Å². The summed E-state index contributed by atoms with van der Waals surface area (Å²) in [5.41, 5.74) is 4.47. The van der Waals surface area contributed by atoms with E-state index in [4.69, 9.17) is 0 Å². The molecule has 0 aliphatic carbocycles. The Balaban J connectivity index is 1.70. The molecule has 2 aromatic carbocycles. The van der Waals surface area contributed by atoms with Crippen molar-refractivity contribution >= 4 is 11.8 Å². The van der Waals surface area contributed by atoms with Gasteiger partial charge >= 0.3 is 0 Å². The number of amides is 2. The molecule has 0 bridgehead atoms. The van der Waals surface area contributed by atoms with Crippen LogP contribution in [-0.2, 0) is 17.6 Å². The minimum atomic E-state index is -0.0473. The van der Waals surface area contributed by atoms with Gasteiger partial charge in [0.1, 0.15) is 6.54 Å². The Labute approximate surface area is 187 Å². The number of fused-ring (bicyclic) bond motifs is 1. The predicted octanol–water partition coefficient (Wildman–Crippen LogP) is 5.42. The summed E-state index contributed by atoms with van der Waals surface area (Å²) in [5, 5.41) is 0. The fourth-order valence-corrected chi connectivity index (χ4v) is 4.35. The van der Waals surface area contributed by atoms with E-state index in [9.17, 15) is 9.59 Å². The molecule has 0 radical (unpaired) electrons. The molecule has 1 aliphatic heterocycles. The summed E-state index contributed by atoms with van der Waals surface area (Å²) in [7, 11) is 0. The molecule has 166 valence electrons. The molecular weight excluding hydrogens is 384 g/mol. The van der Waals surface area contributed by atoms with Crippen LogP contribution < -0.4 is 0 Å². The maximum absolute atomic E-state index is 13.2. The lowest BCUT2D eigenvalue weighted by Gasteiger charge is -2.36. The maximum Gasteiger partial charge on any atom is 0.254 e. The van der Waals surface area contributed by atoms with E-state index in [1.165, 1.54) is 16.7 Å². The highest BCUT2D eigenvalue weighted by Gasteiger charge is 2.29. The Morgan fingerprint density at radius 3 is 2.42 bits per heavy atom.